The van der Waals surface area contributed by atoms with E-state index in [2.05, 4.69) is 24.5 Å². The molecule has 1 N–H and O–H groups in total. The summed E-state index contributed by atoms with van der Waals surface area (Å²) in [4.78, 5) is 26.5. The summed E-state index contributed by atoms with van der Waals surface area (Å²) >= 11 is 3.23. The number of thioether (sulfide) groups is 1. The van der Waals surface area contributed by atoms with Crippen LogP contribution in [0.15, 0.2) is 16.8 Å². The fourth-order valence-corrected chi connectivity index (χ4v) is 4.51. The molecule has 1 saturated heterocycles. The molecule has 4 nitrogen and oxygen atoms in total. The number of carbonyl (C=O) groups is 2. The van der Waals surface area contributed by atoms with Gasteiger partial charge in [-0.3, -0.25) is 9.59 Å². The fraction of sp³-hybridized carbons (Fsp3) is 0.600. The first-order valence-electron chi connectivity index (χ1n) is 7.27. The molecule has 0 spiro atoms. The zero-order chi connectivity index (χ0) is 15.4. The van der Waals surface area contributed by atoms with Gasteiger partial charge in [-0.05, 0) is 41.7 Å². The second kappa shape index (κ2) is 7.31. The van der Waals surface area contributed by atoms with E-state index < -0.39 is 0 Å². The molecule has 6 heteroatoms. The van der Waals surface area contributed by atoms with Crippen molar-refractivity contribution in [1.29, 1.82) is 0 Å². The quantitative estimate of drug-likeness (QED) is 0.874. The summed E-state index contributed by atoms with van der Waals surface area (Å²) in [5.41, 5.74) is 1.12. The van der Waals surface area contributed by atoms with Crippen LogP contribution >= 0.6 is 23.1 Å². The minimum absolute atomic E-state index is 0.0323. The molecular weight excluding hydrogens is 304 g/mol. The van der Waals surface area contributed by atoms with Gasteiger partial charge in [0.05, 0.1) is 5.75 Å². The molecule has 116 valence electrons. The number of thiophene rings is 1. The average molecular weight is 326 g/mol. The average Bonchev–Trinajstić information content (AvgIpc) is 3.05. The Hall–Kier alpha value is -1.01. The highest BCUT2D eigenvalue weighted by Gasteiger charge is 2.40. The number of rotatable bonds is 6. The lowest BCUT2D eigenvalue weighted by molar-refractivity contribution is -0.139. The van der Waals surface area contributed by atoms with Gasteiger partial charge in [-0.2, -0.15) is 11.3 Å². The first-order valence-corrected chi connectivity index (χ1v) is 9.26. The zero-order valence-corrected chi connectivity index (χ0v) is 14.3. The highest BCUT2D eigenvalue weighted by Crippen LogP contribution is 2.41. The van der Waals surface area contributed by atoms with E-state index in [9.17, 15) is 9.59 Å². The lowest BCUT2D eigenvalue weighted by Crippen LogP contribution is -2.49. The third-order valence-electron chi connectivity index (χ3n) is 3.42. The van der Waals surface area contributed by atoms with Gasteiger partial charge in [-0.1, -0.05) is 13.8 Å². The van der Waals surface area contributed by atoms with Crippen molar-refractivity contribution in [3.63, 3.8) is 0 Å². The van der Waals surface area contributed by atoms with Gasteiger partial charge >= 0.3 is 0 Å². The molecule has 2 rings (SSSR count). The van der Waals surface area contributed by atoms with Crippen molar-refractivity contribution in [3.8, 4) is 0 Å². The first-order chi connectivity index (χ1) is 10.0. The lowest BCUT2D eigenvalue weighted by atomic mass is 10.0. The van der Waals surface area contributed by atoms with Gasteiger partial charge in [0.15, 0.2) is 0 Å². The highest BCUT2D eigenvalue weighted by atomic mass is 32.2. The van der Waals surface area contributed by atoms with Crippen molar-refractivity contribution < 1.29 is 9.59 Å². The van der Waals surface area contributed by atoms with Gasteiger partial charge in [0.2, 0.25) is 11.8 Å². The molecule has 1 aliphatic heterocycles. The van der Waals surface area contributed by atoms with Crippen molar-refractivity contribution >= 4 is 34.9 Å². The zero-order valence-electron chi connectivity index (χ0n) is 12.7. The monoisotopic (exact) mass is 326 g/mol. The molecule has 2 atom stereocenters. The Labute approximate surface area is 134 Å². The minimum atomic E-state index is -0.377. The molecular formula is C15H22N2O2S2. The SMILES string of the molecule is CCNC(=O)[C@H](CC(C)C)N1C(=O)CS[C@@H]1c1ccsc1. The molecule has 1 aromatic rings. The Morgan fingerprint density at radius 1 is 1.52 bits per heavy atom. The number of carbonyl (C=O) groups excluding carboxylic acids is 2. The lowest BCUT2D eigenvalue weighted by Gasteiger charge is -2.32. The van der Waals surface area contributed by atoms with Crippen LogP contribution in [0.3, 0.4) is 0 Å². The number of hydrogen-bond donors (Lipinski definition) is 1. The van der Waals surface area contributed by atoms with Gasteiger partial charge in [0.1, 0.15) is 11.4 Å². The molecule has 0 aromatic carbocycles. The molecule has 0 aliphatic carbocycles. The van der Waals surface area contributed by atoms with E-state index in [-0.39, 0.29) is 23.2 Å². The second-order valence-corrected chi connectivity index (χ2v) is 7.41. The van der Waals surface area contributed by atoms with Crippen LogP contribution in [0.25, 0.3) is 0 Å². The maximum atomic E-state index is 12.4. The van der Waals surface area contributed by atoms with Crippen LogP contribution in [0.1, 0.15) is 38.1 Å². The van der Waals surface area contributed by atoms with Crippen LogP contribution in [-0.4, -0.2) is 35.1 Å². The van der Waals surface area contributed by atoms with Gasteiger partial charge in [0.25, 0.3) is 0 Å². The van der Waals surface area contributed by atoms with Crippen molar-refractivity contribution in [2.24, 2.45) is 5.92 Å². The van der Waals surface area contributed by atoms with Gasteiger partial charge < -0.3 is 10.2 Å². The van der Waals surface area contributed by atoms with Crippen LogP contribution in [0, 0.1) is 5.92 Å². The maximum Gasteiger partial charge on any atom is 0.242 e. The molecule has 1 aliphatic rings. The molecule has 0 saturated carbocycles. The smallest absolute Gasteiger partial charge is 0.242 e. The standard InChI is InChI=1S/C15H22N2O2S2/c1-4-16-14(19)12(7-10(2)3)17-13(18)9-21-15(17)11-5-6-20-8-11/h5-6,8,10,12,15H,4,7,9H2,1-3H3,(H,16,19)/t12-,15+/m0/s1. The van der Waals surface area contributed by atoms with Crippen LogP contribution < -0.4 is 5.32 Å². The Kier molecular flexibility index (Phi) is 5.70. The van der Waals surface area contributed by atoms with Crippen LogP contribution in [-0.2, 0) is 9.59 Å². The molecule has 2 heterocycles. The molecule has 1 aromatic heterocycles. The number of nitrogens with one attached hydrogen (secondary N) is 1. The molecule has 0 radical (unpaired) electrons. The van der Waals surface area contributed by atoms with Gasteiger partial charge in [-0.25, -0.2) is 0 Å². The predicted molar refractivity (Wildman–Crippen MR) is 88.3 cm³/mol. The molecule has 1 fully saturated rings. The molecule has 0 bridgehead atoms. The molecule has 0 unspecified atom stereocenters. The van der Waals surface area contributed by atoms with Crippen molar-refractivity contribution in [2.75, 3.05) is 12.3 Å². The van der Waals surface area contributed by atoms with E-state index in [1.807, 2.05) is 18.4 Å². The number of amides is 2. The third-order valence-corrected chi connectivity index (χ3v) is 5.35. The number of hydrogen-bond acceptors (Lipinski definition) is 4. The summed E-state index contributed by atoms with van der Waals surface area (Å²) in [5, 5.41) is 6.92. The van der Waals surface area contributed by atoms with E-state index in [0.717, 1.165) is 5.56 Å². The van der Waals surface area contributed by atoms with Crippen molar-refractivity contribution in [2.45, 2.75) is 38.6 Å². The normalized spacial score (nSPS) is 20.1. The summed E-state index contributed by atoms with van der Waals surface area (Å²) in [5.74, 6) is 0.837. The third kappa shape index (κ3) is 3.80. The Morgan fingerprint density at radius 2 is 2.29 bits per heavy atom. The van der Waals surface area contributed by atoms with E-state index in [1.165, 1.54) is 0 Å². The maximum absolute atomic E-state index is 12.4. The fourth-order valence-electron chi connectivity index (χ4n) is 2.53. The van der Waals surface area contributed by atoms with E-state index in [4.69, 9.17) is 0 Å². The predicted octanol–water partition coefficient (Wildman–Crippen LogP) is 2.87. The Bertz CT molecular complexity index is 488. The van der Waals surface area contributed by atoms with Crippen molar-refractivity contribution in [1.82, 2.24) is 10.2 Å². The topological polar surface area (TPSA) is 49.4 Å². The molecule has 2 amide bonds. The van der Waals surface area contributed by atoms with Crippen LogP contribution in [0.4, 0.5) is 0 Å². The van der Waals surface area contributed by atoms with Crippen molar-refractivity contribution in [3.05, 3.63) is 22.4 Å². The van der Waals surface area contributed by atoms with Gasteiger partial charge in [0, 0.05) is 6.54 Å². The largest absolute Gasteiger partial charge is 0.355 e. The summed E-state index contributed by atoms with van der Waals surface area (Å²) in [6, 6.07) is 1.66. The Balaban J connectivity index is 2.26. The van der Waals surface area contributed by atoms with E-state index >= 15 is 0 Å². The molecule has 21 heavy (non-hydrogen) atoms. The van der Waals surface area contributed by atoms with E-state index in [0.29, 0.717) is 24.6 Å². The summed E-state index contributed by atoms with van der Waals surface area (Å²) in [6.07, 6.45) is 0.693. The second-order valence-electron chi connectivity index (χ2n) is 5.56. The summed E-state index contributed by atoms with van der Waals surface area (Å²) < 4.78 is 0. The van der Waals surface area contributed by atoms with Gasteiger partial charge in [-0.15, -0.1) is 11.8 Å². The highest BCUT2D eigenvalue weighted by molar-refractivity contribution is 8.00. The summed E-state index contributed by atoms with van der Waals surface area (Å²) in [6.45, 7) is 6.66. The van der Waals surface area contributed by atoms with Crippen LogP contribution in [0.5, 0.6) is 0 Å². The number of likely N-dealkylation sites (N-methyl/N-ethyl adjacent to an activating group) is 1. The first kappa shape index (κ1) is 16.4. The van der Waals surface area contributed by atoms with E-state index in [1.54, 1.807) is 28.0 Å². The minimum Gasteiger partial charge on any atom is -0.355 e. The summed E-state index contributed by atoms with van der Waals surface area (Å²) in [7, 11) is 0. The Morgan fingerprint density at radius 3 is 2.86 bits per heavy atom. The number of nitrogens with zero attached hydrogens (tertiary/aromatic N) is 1. The van der Waals surface area contributed by atoms with Crippen LogP contribution in [0.2, 0.25) is 0 Å².